The molecule has 1 heterocycles. The van der Waals surface area contributed by atoms with Crippen molar-refractivity contribution in [2.45, 2.75) is 18.4 Å². The molecular weight excluding hydrogens is 450 g/mol. The van der Waals surface area contributed by atoms with E-state index in [4.69, 9.17) is 14.0 Å². The molecule has 0 aliphatic carbocycles. The normalized spacial score (nSPS) is 11.4. The summed E-state index contributed by atoms with van der Waals surface area (Å²) < 4.78 is 43.5. The lowest BCUT2D eigenvalue weighted by Gasteiger charge is -2.07. The van der Waals surface area contributed by atoms with Gasteiger partial charge in [-0.2, -0.15) is 4.98 Å². The molecule has 0 unspecified atom stereocenters. The van der Waals surface area contributed by atoms with Gasteiger partial charge in [0.1, 0.15) is 11.5 Å². The largest absolute Gasteiger partial charge is 0.496 e. The Balaban J connectivity index is 1.69. The van der Waals surface area contributed by atoms with Crippen molar-refractivity contribution in [3.05, 3.63) is 52.8 Å². The van der Waals surface area contributed by atoms with Crippen LogP contribution in [0, 0.1) is 0 Å². The third kappa shape index (κ3) is 4.70. The van der Waals surface area contributed by atoms with E-state index < -0.39 is 10.0 Å². The van der Waals surface area contributed by atoms with E-state index in [-0.39, 0.29) is 17.3 Å². The topological polar surface area (TPSA) is 104 Å². The van der Waals surface area contributed by atoms with Crippen molar-refractivity contribution in [3.8, 4) is 22.9 Å². The summed E-state index contributed by atoms with van der Waals surface area (Å²) in [6, 6.07) is 11.7. The lowest BCUT2D eigenvalue weighted by Crippen LogP contribution is -2.23. The third-order valence-corrected chi connectivity index (χ3v) is 5.76. The van der Waals surface area contributed by atoms with Crippen LogP contribution < -0.4 is 14.2 Å². The van der Waals surface area contributed by atoms with Crippen molar-refractivity contribution in [1.82, 2.24) is 14.9 Å². The maximum absolute atomic E-state index is 12.5. The number of rotatable bonds is 8. The fourth-order valence-corrected chi connectivity index (χ4v) is 4.06. The first-order chi connectivity index (χ1) is 13.4. The summed E-state index contributed by atoms with van der Waals surface area (Å²) in [6.07, 6.45) is 0. The van der Waals surface area contributed by atoms with Crippen LogP contribution in [-0.2, 0) is 16.6 Å². The second-order valence-corrected chi connectivity index (χ2v) is 8.21. The summed E-state index contributed by atoms with van der Waals surface area (Å²) in [5, 5.41) is 3.89. The van der Waals surface area contributed by atoms with E-state index in [9.17, 15) is 8.42 Å². The predicted octanol–water partition coefficient (Wildman–Crippen LogP) is 3.38. The monoisotopic (exact) mass is 467 g/mol. The molecule has 0 bridgehead atoms. The molecule has 8 nitrogen and oxygen atoms in total. The quantitative estimate of drug-likeness (QED) is 0.541. The molecule has 0 fully saturated rings. The Labute approximate surface area is 171 Å². The van der Waals surface area contributed by atoms with Crippen LogP contribution in [0.1, 0.15) is 12.8 Å². The number of hydrogen-bond acceptors (Lipinski definition) is 7. The Bertz CT molecular complexity index is 1050. The number of sulfonamides is 1. The van der Waals surface area contributed by atoms with Crippen molar-refractivity contribution < 1.29 is 22.4 Å². The summed E-state index contributed by atoms with van der Waals surface area (Å²) in [6.45, 7) is 2.36. The van der Waals surface area contributed by atoms with E-state index in [1.165, 1.54) is 19.2 Å². The fourth-order valence-electron chi connectivity index (χ4n) is 2.37. The van der Waals surface area contributed by atoms with Crippen molar-refractivity contribution in [2.75, 3.05) is 13.7 Å². The molecule has 0 saturated heterocycles. The van der Waals surface area contributed by atoms with Crippen LogP contribution in [0.4, 0.5) is 0 Å². The van der Waals surface area contributed by atoms with Gasteiger partial charge in [0.15, 0.2) is 0 Å². The predicted molar refractivity (Wildman–Crippen MR) is 106 cm³/mol. The minimum atomic E-state index is -3.75. The van der Waals surface area contributed by atoms with Crippen LogP contribution in [0.5, 0.6) is 11.5 Å². The van der Waals surface area contributed by atoms with Gasteiger partial charge in [-0.05, 0) is 65.3 Å². The number of methoxy groups -OCH3 is 1. The van der Waals surface area contributed by atoms with E-state index >= 15 is 0 Å². The number of nitrogens with zero attached hydrogens (tertiary/aromatic N) is 2. The molecule has 0 atom stereocenters. The molecule has 0 aliphatic rings. The van der Waals surface area contributed by atoms with Gasteiger partial charge in [-0.1, -0.05) is 5.16 Å². The standard InChI is InChI=1S/C18H18BrN3O5S/c1-3-26-13-6-4-12(5-7-13)18-21-17(27-22-18)11-20-28(23,24)14-8-9-16(25-2)15(19)10-14/h4-10,20H,3,11H2,1-2H3. The highest BCUT2D eigenvalue weighted by Crippen LogP contribution is 2.27. The van der Waals surface area contributed by atoms with Gasteiger partial charge in [-0.3, -0.25) is 0 Å². The average molecular weight is 468 g/mol. The van der Waals surface area contributed by atoms with Gasteiger partial charge in [0.2, 0.25) is 21.7 Å². The molecule has 0 spiro atoms. The van der Waals surface area contributed by atoms with Crippen LogP contribution in [0.25, 0.3) is 11.4 Å². The van der Waals surface area contributed by atoms with Gasteiger partial charge in [-0.15, -0.1) is 0 Å². The average Bonchev–Trinajstić information content (AvgIpc) is 3.16. The molecule has 2 aromatic carbocycles. The van der Waals surface area contributed by atoms with Gasteiger partial charge in [0, 0.05) is 5.56 Å². The summed E-state index contributed by atoms with van der Waals surface area (Å²) >= 11 is 3.27. The SMILES string of the molecule is CCOc1ccc(-c2noc(CNS(=O)(=O)c3ccc(OC)c(Br)c3)n2)cc1. The van der Waals surface area contributed by atoms with Crippen LogP contribution >= 0.6 is 15.9 Å². The molecule has 1 N–H and O–H groups in total. The number of nitrogens with one attached hydrogen (secondary N) is 1. The molecule has 3 aromatic rings. The molecular formula is C18H18BrN3O5S. The lowest BCUT2D eigenvalue weighted by molar-refractivity contribution is 0.340. The highest BCUT2D eigenvalue weighted by atomic mass is 79.9. The Morgan fingerprint density at radius 3 is 2.57 bits per heavy atom. The number of ether oxygens (including phenoxy) is 2. The van der Waals surface area contributed by atoms with E-state index in [1.807, 2.05) is 6.92 Å². The zero-order chi connectivity index (χ0) is 20.1. The van der Waals surface area contributed by atoms with Crippen LogP contribution in [0.15, 0.2) is 56.4 Å². The molecule has 0 saturated carbocycles. The second kappa shape index (κ2) is 8.72. The van der Waals surface area contributed by atoms with E-state index in [0.29, 0.717) is 22.7 Å². The fraction of sp³-hybridized carbons (Fsp3) is 0.222. The van der Waals surface area contributed by atoms with Crippen molar-refractivity contribution >= 4 is 26.0 Å². The number of benzene rings is 2. The molecule has 148 valence electrons. The van der Waals surface area contributed by atoms with Gasteiger partial charge in [0.25, 0.3) is 0 Å². The summed E-state index contributed by atoms with van der Waals surface area (Å²) in [5.74, 6) is 1.80. The minimum Gasteiger partial charge on any atom is -0.496 e. The van der Waals surface area contributed by atoms with Crippen molar-refractivity contribution in [2.24, 2.45) is 0 Å². The van der Waals surface area contributed by atoms with E-state index in [0.717, 1.165) is 11.3 Å². The Kier molecular flexibility index (Phi) is 6.32. The molecule has 3 rings (SSSR count). The molecule has 28 heavy (non-hydrogen) atoms. The van der Waals surface area contributed by atoms with E-state index in [2.05, 4.69) is 30.8 Å². The molecule has 0 aliphatic heterocycles. The summed E-state index contributed by atoms with van der Waals surface area (Å²) in [5.41, 5.74) is 0.736. The highest BCUT2D eigenvalue weighted by Gasteiger charge is 2.18. The number of hydrogen-bond donors (Lipinski definition) is 1. The van der Waals surface area contributed by atoms with Gasteiger partial charge in [-0.25, -0.2) is 13.1 Å². The Hall–Kier alpha value is -2.43. The maximum Gasteiger partial charge on any atom is 0.242 e. The Morgan fingerprint density at radius 1 is 1.18 bits per heavy atom. The van der Waals surface area contributed by atoms with Gasteiger partial charge >= 0.3 is 0 Å². The molecule has 10 heteroatoms. The molecule has 0 radical (unpaired) electrons. The van der Waals surface area contributed by atoms with Crippen molar-refractivity contribution in [3.63, 3.8) is 0 Å². The third-order valence-electron chi connectivity index (χ3n) is 3.74. The summed E-state index contributed by atoms with van der Waals surface area (Å²) in [4.78, 5) is 4.31. The lowest BCUT2D eigenvalue weighted by atomic mass is 10.2. The van der Waals surface area contributed by atoms with Crippen molar-refractivity contribution in [1.29, 1.82) is 0 Å². The Morgan fingerprint density at radius 2 is 1.93 bits per heavy atom. The highest BCUT2D eigenvalue weighted by molar-refractivity contribution is 9.10. The van der Waals surface area contributed by atoms with Crippen LogP contribution in [0.3, 0.4) is 0 Å². The minimum absolute atomic E-state index is 0.0893. The first kappa shape index (κ1) is 20.3. The zero-order valence-electron chi connectivity index (χ0n) is 15.2. The first-order valence-electron chi connectivity index (χ1n) is 8.32. The van der Waals surface area contributed by atoms with Gasteiger partial charge < -0.3 is 14.0 Å². The smallest absolute Gasteiger partial charge is 0.242 e. The van der Waals surface area contributed by atoms with Gasteiger partial charge in [0.05, 0.1) is 29.6 Å². The first-order valence-corrected chi connectivity index (χ1v) is 10.6. The maximum atomic E-state index is 12.5. The van der Waals surface area contributed by atoms with Crippen LogP contribution in [-0.4, -0.2) is 32.3 Å². The number of halogens is 1. The second-order valence-electron chi connectivity index (χ2n) is 5.59. The summed E-state index contributed by atoms with van der Waals surface area (Å²) in [7, 11) is -2.25. The molecule has 1 aromatic heterocycles. The van der Waals surface area contributed by atoms with Crippen LogP contribution in [0.2, 0.25) is 0 Å². The van der Waals surface area contributed by atoms with E-state index in [1.54, 1.807) is 30.3 Å². The number of aromatic nitrogens is 2. The molecule has 0 amide bonds. The zero-order valence-corrected chi connectivity index (χ0v) is 17.6.